The molecule has 1 heterocycles. The SMILES string of the molecule is COc1ccccc1CNC(=O)CSc1cc(C)[nH]c(=O)n1. The molecule has 1 aromatic carbocycles. The fourth-order valence-corrected chi connectivity index (χ4v) is 2.65. The lowest BCUT2D eigenvalue weighted by molar-refractivity contribution is -0.118. The van der Waals surface area contributed by atoms with Crippen molar-refractivity contribution in [2.45, 2.75) is 18.5 Å². The number of carbonyl (C=O) groups is 1. The second-order valence-electron chi connectivity index (χ2n) is 4.58. The summed E-state index contributed by atoms with van der Waals surface area (Å²) in [6.07, 6.45) is 0. The summed E-state index contributed by atoms with van der Waals surface area (Å²) in [5.41, 5.74) is 1.22. The minimum absolute atomic E-state index is 0.129. The second kappa shape index (κ2) is 7.65. The maximum Gasteiger partial charge on any atom is 0.346 e. The molecule has 7 heteroatoms. The molecule has 116 valence electrons. The molecule has 0 bridgehead atoms. The highest BCUT2D eigenvalue weighted by Crippen LogP contribution is 2.17. The van der Waals surface area contributed by atoms with Gasteiger partial charge in [0, 0.05) is 17.8 Å². The Hall–Kier alpha value is -2.28. The van der Waals surface area contributed by atoms with Gasteiger partial charge in [-0.15, -0.1) is 0 Å². The van der Waals surface area contributed by atoms with Gasteiger partial charge >= 0.3 is 5.69 Å². The number of benzene rings is 1. The zero-order chi connectivity index (χ0) is 15.9. The Bertz CT molecular complexity index is 715. The zero-order valence-electron chi connectivity index (χ0n) is 12.4. The summed E-state index contributed by atoms with van der Waals surface area (Å²) < 4.78 is 5.23. The number of H-pyrrole nitrogens is 1. The van der Waals surface area contributed by atoms with Gasteiger partial charge in [0.15, 0.2) is 0 Å². The molecule has 1 amide bonds. The van der Waals surface area contributed by atoms with Crippen molar-refractivity contribution in [3.63, 3.8) is 0 Å². The maximum absolute atomic E-state index is 11.9. The van der Waals surface area contributed by atoms with E-state index in [0.29, 0.717) is 11.6 Å². The number of thioether (sulfide) groups is 1. The smallest absolute Gasteiger partial charge is 0.346 e. The van der Waals surface area contributed by atoms with Crippen LogP contribution in [0.5, 0.6) is 5.75 Å². The number of aromatic nitrogens is 2. The molecule has 6 nitrogen and oxygen atoms in total. The molecule has 0 radical (unpaired) electrons. The third-order valence-electron chi connectivity index (χ3n) is 2.88. The monoisotopic (exact) mass is 319 g/mol. The molecule has 0 atom stereocenters. The van der Waals surface area contributed by atoms with Gasteiger partial charge in [0.1, 0.15) is 10.8 Å². The first kappa shape index (κ1) is 16.1. The number of nitrogens with one attached hydrogen (secondary N) is 2. The number of hydrogen-bond donors (Lipinski definition) is 2. The van der Waals surface area contributed by atoms with Crippen LogP contribution < -0.4 is 15.7 Å². The van der Waals surface area contributed by atoms with E-state index in [4.69, 9.17) is 4.74 Å². The van der Waals surface area contributed by atoms with E-state index < -0.39 is 5.69 Å². The molecule has 0 saturated carbocycles. The first-order valence-electron chi connectivity index (χ1n) is 6.68. The summed E-state index contributed by atoms with van der Waals surface area (Å²) in [6.45, 7) is 2.17. The van der Waals surface area contributed by atoms with Gasteiger partial charge in [0.25, 0.3) is 0 Å². The predicted molar refractivity (Wildman–Crippen MR) is 85.2 cm³/mol. The summed E-state index contributed by atoms with van der Waals surface area (Å²) in [4.78, 5) is 29.5. The molecule has 2 aromatic rings. The van der Waals surface area contributed by atoms with Gasteiger partial charge in [-0.3, -0.25) is 4.79 Å². The van der Waals surface area contributed by atoms with E-state index in [9.17, 15) is 9.59 Å². The van der Waals surface area contributed by atoms with Gasteiger partial charge in [0.2, 0.25) is 5.91 Å². The largest absolute Gasteiger partial charge is 0.496 e. The van der Waals surface area contributed by atoms with Crippen LogP contribution in [-0.2, 0) is 11.3 Å². The second-order valence-corrected chi connectivity index (χ2v) is 5.58. The summed E-state index contributed by atoms with van der Waals surface area (Å²) in [6, 6.07) is 9.25. The lowest BCUT2D eigenvalue weighted by Gasteiger charge is -2.09. The average Bonchev–Trinajstić information content (AvgIpc) is 2.50. The highest BCUT2D eigenvalue weighted by atomic mass is 32.2. The Balaban J connectivity index is 1.87. The van der Waals surface area contributed by atoms with Gasteiger partial charge in [-0.1, -0.05) is 30.0 Å². The number of nitrogens with zero attached hydrogens (tertiary/aromatic N) is 1. The molecule has 1 aromatic heterocycles. The van der Waals surface area contributed by atoms with E-state index in [1.54, 1.807) is 20.1 Å². The number of hydrogen-bond acceptors (Lipinski definition) is 5. The normalized spacial score (nSPS) is 10.3. The summed E-state index contributed by atoms with van der Waals surface area (Å²) in [7, 11) is 1.59. The van der Waals surface area contributed by atoms with Crippen molar-refractivity contribution in [2.75, 3.05) is 12.9 Å². The molecule has 0 saturated heterocycles. The van der Waals surface area contributed by atoms with Gasteiger partial charge in [-0.2, -0.15) is 4.98 Å². The number of amides is 1. The number of ether oxygens (including phenoxy) is 1. The topological polar surface area (TPSA) is 84.1 Å². The van der Waals surface area contributed by atoms with Crippen LogP contribution in [0.3, 0.4) is 0 Å². The lowest BCUT2D eigenvalue weighted by atomic mass is 10.2. The molecule has 0 unspecified atom stereocenters. The van der Waals surface area contributed by atoms with Crippen molar-refractivity contribution >= 4 is 17.7 Å². The number of methoxy groups -OCH3 is 1. The highest BCUT2D eigenvalue weighted by Gasteiger charge is 2.07. The highest BCUT2D eigenvalue weighted by molar-refractivity contribution is 7.99. The quantitative estimate of drug-likeness (QED) is 0.622. The van der Waals surface area contributed by atoms with E-state index in [-0.39, 0.29) is 11.7 Å². The van der Waals surface area contributed by atoms with E-state index in [2.05, 4.69) is 15.3 Å². The minimum atomic E-state index is -0.406. The van der Waals surface area contributed by atoms with Crippen molar-refractivity contribution in [1.29, 1.82) is 0 Å². The number of para-hydroxylation sites is 1. The Morgan fingerprint density at radius 3 is 2.91 bits per heavy atom. The third-order valence-corrected chi connectivity index (χ3v) is 3.79. The summed E-state index contributed by atoms with van der Waals surface area (Å²) in [5, 5.41) is 3.36. The van der Waals surface area contributed by atoms with Crippen molar-refractivity contribution in [2.24, 2.45) is 0 Å². The van der Waals surface area contributed by atoms with Gasteiger partial charge < -0.3 is 15.0 Å². The molecule has 0 spiro atoms. The standard InChI is InChI=1S/C15H17N3O3S/c1-10-7-14(18-15(20)17-10)22-9-13(19)16-8-11-5-3-4-6-12(11)21-2/h3-7H,8-9H2,1-2H3,(H,16,19)(H,17,18,20). The number of aromatic amines is 1. The molecule has 0 aliphatic rings. The Morgan fingerprint density at radius 1 is 1.41 bits per heavy atom. The van der Waals surface area contributed by atoms with Crippen molar-refractivity contribution in [1.82, 2.24) is 15.3 Å². The third kappa shape index (κ3) is 4.63. The van der Waals surface area contributed by atoms with E-state index >= 15 is 0 Å². The van der Waals surface area contributed by atoms with Crippen molar-refractivity contribution in [3.8, 4) is 5.75 Å². The first-order valence-corrected chi connectivity index (χ1v) is 7.66. The number of rotatable bonds is 6. The Morgan fingerprint density at radius 2 is 2.18 bits per heavy atom. The van der Waals surface area contributed by atoms with Crippen molar-refractivity contribution < 1.29 is 9.53 Å². The van der Waals surface area contributed by atoms with E-state index in [1.807, 2.05) is 24.3 Å². The van der Waals surface area contributed by atoms with Gasteiger partial charge in [0.05, 0.1) is 12.9 Å². The van der Waals surface area contributed by atoms with Crippen LogP contribution in [0.4, 0.5) is 0 Å². The number of aryl methyl sites for hydroxylation is 1. The average molecular weight is 319 g/mol. The Kier molecular flexibility index (Phi) is 5.60. The van der Waals surface area contributed by atoms with E-state index in [0.717, 1.165) is 17.0 Å². The summed E-state index contributed by atoms with van der Waals surface area (Å²) in [5.74, 6) is 0.809. The van der Waals surface area contributed by atoms with Crippen LogP contribution in [-0.4, -0.2) is 28.7 Å². The fourth-order valence-electron chi connectivity index (χ4n) is 1.86. The first-order chi connectivity index (χ1) is 10.6. The molecular formula is C15H17N3O3S. The number of carbonyl (C=O) groups excluding carboxylic acids is 1. The Labute approximate surface area is 132 Å². The molecule has 0 aliphatic heterocycles. The molecule has 0 aliphatic carbocycles. The van der Waals surface area contributed by atoms with Crippen LogP contribution in [0, 0.1) is 6.92 Å². The molecule has 2 N–H and O–H groups in total. The fraction of sp³-hybridized carbons (Fsp3) is 0.267. The minimum Gasteiger partial charge on any atom is -0.496 e. The molecule has 2 rings (SSSR count). The predicted octanol–water partition coefficient (Wildman–Crippen LogP) is 1.50. The lowest BCUT2D eigenvalue weighted by Crippen LogP contribution is -2.25. The molecule has 22 heavy (non-hydrogen) atoms. The molecule has 0 fully saturated rings. The maximum atomic E-state index is 11.9. The van der Waals surface area contributed by atoms with Gasteiger partial charge in [-0.05, 0) is 19.1 Å². The van der Waals surface area contributed by atoms with Crippen LogP contribution >= 0.6 is 11.8 Å². The van der Waals surface area contributed by atoms with Crippen LogP contribution in [0.2, 0.25) is 0 Å². The van der Waals surface area contributed by atoms with Crippen molar-refractivity contribution in [3.05, 3.63) is 52.1 Å². The summed E-state index contributed by atoms with van der Waals surface area (Å²) >= 11 is 1.23. The van der Waals surface area contributed by atoms with E-state index in [1.165, 1.54) is 11.8 Å². The van der Waals surface area contributed by atoms with Crippen LogP contribution in [0.15, 0.2) is 40.2 Å². The zero-order valence-corrected chi connectivity index (χ0v) is 13.2. The van der Waals surface area contributed by atoms with Crippen LogP contribution in [0.25, 0.3) is 0 Å². The molecular weight excluding hydrogens is 302 g/mol. The van der Waals surface area contributed by atoms with Gasteiger partial charge in [-0.25, -0.2) is 4.79 Å². The van der Waals surface area contributed by atoms with Crippen LogP contribution in [0.1, 0.15) is 11.3 Å².